The molecule has 2 atom stereocenters. The van der Waals surface area contributed by atoms with Crippen molar-refractivity contribution in [3.8, 4) is 0 Å². The van der Waals surface area contributed by atoms with Gasteiger partial charge in [-0.2, -0.15) is 0 Å². The lowest BCUT2D eigenvalue weighted by Crippen LogP contribution is -2.25. The van der Waals surface area contributed by atoms with Gasteiger partial charge >= 0.3 is 0 Å². The first-order chi connectivity index (χ1) is 9.28. The summed E-state index contributed by atoms with van der Waals surface area (Å²) in [4.78, 5) is 8.83. The Morgan fingerprint density at radius 2 is 2.11 bits per heavy atom. The lowest BCUT2D eigenvalue weighted by molar-refractivity contribution is 0.444. The predicted molar refractivity (Wildman–Crippen MR) is 76.1 cm³/mol. The molecule has 98 valence electrons. The number of hydrogen-bond donors (Lipinski definition) is 1. The molecule has 19 heavy (non-hydrogen) atoms. The van der Waals surface area contributed by atoms with Crippen molar-refractivity contribution in [3.63, 3.8) is 0 Å². The molecule has 0 fully saturated rings. The van der Waals surface area contributed by atoms with Crippen LogP contribution in [0.5, 0.6) is 0 Å². The van der Waals surface area contributed by atoms with E-state index in [1.165, 1.54) is 17.5 Å². The largest absolute Gasteiger partial charge is 0.312 e. The monoisotopic (exact) mass is 253 g/mol. The van der Waals surface area contributed by atoms with Crippen LogP contribution < -0.4 is 5.32 Å². The van der Waals surface area contributed by atoms with E-state index in [1.54, 1.807) is 0 Å². The highest BCUT2D eigenvalue weighted by atomic mass is 14.9. The quantitative estimate of drug-likeness (QED) is 0.910. The average Bonchev–Trinajstić information content (AvgIpc) is 2.42. The SMILES string of the molecule is CNC(CC1Cc2ccccc21)c1cnc(C)cn1. The molecule has 3 heteroatoms. The van der Waals surface area contributed by atoms with Gasteiger partial charge in [-0.3, -0.25) is 9.97 Å². The van der Waals surface area contributed by atoms with Gasteiger partial charge in [0.1, 0.15) is 0 Å². The summed E-state index contributed by atoms with van der Waals surface area (Å²) >= 11 is 0. The molecule has 3 nitrogen and oxygen atoms in total. The number of benzene rings is 1. The molecule has 2 aromatic rings. The fourth-order valence-corrected chi connectivity index (χ4v) is 2.83. The minimum atomic E-state index is 0.284. The van der Waals surface area contributed by atoms with Crippen molar-refractivity contribution < 1.29 is 0 Å². The Morgan fingerprint density at radius 1 is 1.26 bits per heavy atom. The van der Waals surface area contributed by atoms with Crippen molar-refractivity contribution in [1.29, 1.82) is 0 Å². The van der Waals surface area contributed by atoms with Crippen LogP contribution in [0.15, 0.2) is 36.7 Å². The Balaban J connectivity index is 1.73. The van der Waals surface area contributed by atoms with E-state index in [4.69, 9.17) is 0 Å². The second-order valence-electron chi connectivity index (χ2n) is 5.26. The van der Waals surface area contributed by atoms with Crippen molar-refractivity contribution in [2.75, 3.05) is 7.05 Å². The molecule has 0 spiro atoms. The normalized spacial score (nSPS) is 18.5. The van der Waals surface area contributed by atoms with Crippen molar-refractivity contribution in [1.82, 2.24) is 15.3 Å². The first-order valence-corrected chi connectivity index (χ1v) is 6.81. The Bertz CT molecular complexity index is 562. The highest BCUT2D eigenvalue weighted by molar-refractivity contribution is 5.40. The van der Waals surface area contributed by atoms with Crippen LogP contribution >= 0.6 is 0 Å². The topological polar surface area (TPSA) is 37.8 Å². The first kappa shape index (κ1) is 12.3. The molecular weight excluding hydrogens is 234 g/mol. The van der Waals surface area contributed by atoms with E-state index < -0.39 is 0 Å². The van der Waals surface area contributed by atoms with E-state index in [0.717, 1.165) is 17.8 Å². The Hall–Kier alpha value is -1.74. The minimum absolute atomic E-state index is 0.284. The summed E-state index contributed by atoms with van der Waals surface area (Å²) in [5.74, 6) is 0.650. The molecule has 0 amide bonds. The molecule has 0 saturated heterocycles. The van der Waals surface area contributed by atoms with Gasteiger partial charge in [0.15, 0.2) is 0 Å². The van der Waals surface area contributed by atoms with Crippen LogP contribution in [0.4, 0.5) is 0 Å². The molecule has 1 N–H and O–H groups in total. The summed E-state index contributed by atoms with van der Waals surface area (Å²) in [6.45, 7) is 1.97. The van der Waals surface area contributed by atoms with E-state index in [1.807, 2.05) is 26.4 Å². The van der Waals surface area contributed by atoms with Crippen LogP contribution in [-0.2, 0) is 6.42 Å². The number of rotatable bonds is 4. The third kappa shape index (κ3) is 2.38. The van der Waals surface area contributed by atoms with Gasteiger partial charge in [-0.25, -0.2) is 0 Å². The smallest absolute Gasteiger partial charge is 0.0756 e. The Labute approximate surface area is 114 Å². The van der Waals surface area contributed by atoms with Crippen LogP contribution in [0.3, 0.4) is 0 Å². The molecule has 2 unspecified atom stereocenters. The van der Waals surface area contributed by atoms with E-state index in [-0.39, 0.29) is 6.04 Å². The summed E-state index contributed by atoms with van der Waals surface area (Å²) in [5.41, 5.74) is 5.00. The zero-order valence-electron chi connectivity index (χ0n) is 11.4. The highest BCUT2D eigenvalue weighted by Crippen LogP contribution is 2.40. The van der Waals surface area contributed by atoms with Gasteiger partial charge in [0.05, 0.1) is 23.6 Å². The van der Waals surface area contributed by atoms with Crippen molar-refractivity contribution in [2.24, 2.45) is 0 Å². The number of nitrogens with one attached hydrogen (secondary N) is 1. The maximum Gasteiger partial charge on any atom is 0.0756 e. The van der Waals surface area contributed by atoms with Gasteiger partial charge in [-0.05, 0) is 43.9 Å². The average molecular weight is 253 g/mol. The number of aromatic nitrogens is 2. The van der Waals surface area contributed by atoms with Gasteiger partial charge in [-0.15, -0.1) is 0 Å². The minimum Gasteiger partial charge on any atom is -0.312 e. The van der Waals surface area contributed by atoms with Crippen molar-refractivity contribution in [3.05, 3.63) is 59.2 Å². The lowest BCUT2D eigenvalue weighted by Gasteiger charge is -2.32. The maximum absolute atomic E-state index is 4.49. The highest BCUT2D eigenvalue weighted by Gasteiger charge is 2.28. The molecule has 1 heterocycles. The van der Waals surface area contributed by atoms with Gasteiger partial charge in [0.2, 0.25) is 0 Å². The molecular formula is C16H19N3. The van der Waals surface area contributed by atoms with E-state index in [9.17, 15) is 0 Å². The van der Waals surface area contributed by atoms with Crippen LogP contribution in [0.2, 0.25) is 0 Å². The van der Waals surface area contributed by atoms with Gasteiger partial charge in [0, 0.05) is 6.20 Å². The summed E-state index contributed by atoms with van der Waals surface area (Å²) in [7, 11) is 2.00. The number of aryl methyl sites for hydroxylation is 1. The summed E-state index contributed by atoms with van der Waals surface area (Å²) < 4.78 is 0. The van der Waals surface area contributed by atoms with Gasteiger partial charge in [0.25, 0.3) is 0 Å². The predicted octanol–water partition coefficient (Wildman–Crippen LogP) is 2.78. The molecule has 1 aromatic heterocycles. The molecule has 0 bridgehead atoms. The second-order valence-corrected chi connectivity index (χ2v) is 5.26. The fraction of sp³-hybridized carbons (Fsp3) is 0.375. The second kappa shape index (κ2) is 5.10. The fourth-order valence-electron chi connectivity index (χ4n) is 2.83. The Morgan fingerprint density at radius 3 is 2.79 bits per heavy atom. The molecule has 1 aromatic carbocycles. The molecule has 1 aliphatic rings. The number of nitrogens with zero attached hydrogens (tertiary/aromatic N) is 2. The van der Waals surface area contributed by atoms with Gasteiger partial charge < -0.3 is 5.32 Å². The van der Waals surface area contributed by atoms with Crippen LogP contribution in [0.25, 0.3) is 0 Å². The number of hydrogen-bond acceptors (Lipinski definition) is 3. The first-order valence-electron chi connectivity index (χ1n) is 6.81. The summed E-state index contributed by atoms with van der Waals surface area (Å²) in [6, 6.07) is 9.01. The zero-order valence-corrected chi connectivity index (χ0v) is 11.4. The van der Waals surface area contributed by atoms with E-state index in [0.29, 0.717) is 5.92 Å². The summed E-state index contributed by atoms with van der Waals surface area (Å²) in [5, 5.41) is 3.37. The summed E-state index contributed by atoms with van der Waals surface area (Å²) in [6.07, 6.45) is 6.01. The van der Waals surface area contributed by atoms with E-state index >= 15 is 0 Å². The van der Waals surface area contributed by atoms with Gasteiger partial charge in [-0.1, -0.05) is 24.3 Å². The van der Waals surface area contributed by atoms with Crippen LogP contribution in [-0.4, -0.2) is 17.0 Å². The standard InChI is InChI=1S/C16H19N3/c1-11-9-19-16(10-18-11)15(17-2)8-13-7-12-5-3-4-6-14(12)13/h3-6,9-10,13,15,17H,7-8H2,1-2H3. The van der Waals surface area contributed by atoms with Crippen LogP contribution in [0.1, 0.15) is 40.9 Å². The molecule has 0 saturated carbocycles. The molecule has 0 aliphatic heterocycles. The molecule has 0 radical (unpaired) electrons. The van der Waals surface area contributed by atoms with Crippen molar-refractivity contribution >= 4 is 0 Å². The molecule has 3 rings (SSSR count). The Kier molecular flexibility index (Phi) is 3.30. The molecule has 1 aliphatic carbocycles. The maximum atomic E-state index is 4.49. The van der Waals surface area contributed by atoms with E-state index in [2.05, 4.69) is 39.6 Å². The third-order valence-corrected chi connectivity index (χ3v) is 3.99. The zero-order chi connectivity index (χ0) is 13.2. The van der Waals surface area contributed by atoms with Crippen molar-refractivity contribution in [2.45, 2.75) is 31.7 Å². The van der Waals surface area contributed by atoms with Crippen LogP contribution in [0, 0.1) is 6.92 Å². The lowest BCUT2D eigenvalue weighted by atomic mass is 9.74. The third-order valence-electron chi connectivity index (χ3n) is 3.99. The number of fused-ring (bicyclic) bond motifs is 1.